The Hall–Kier alpha value is -1.06. The van der Waals surface area contributed by atoms with Gasteiger partial charge in [-0.25, -0.2) is 0 Å². The zero-order chi connectivity index (χ0) is 10.1. The van der Waals surface area contributed by atoms with Gasteiger partial charge in [0.25, 0.3) is 0 Å². The Bertz CT molecular complexity index is 236. The third-order valence-electron chi connectivity index (χ3n) is 2.45. The average molecular weight is 186 g/mol. The van der Waals surface area contributed by atoms with E-state index in [2.05, 4.69) is 4.74 Å². The van der Waals surface area contributed by atoms with Crippen LogP contribution in [0.25, 0.3) is 0 Å². The van der Waals surface area contributed by atoms with Crippen LogP contribution < -0.4 is 0 Å². The summed E-state index contributed by atoms with van der Waals surface area (Å²) in [7, 11) is 1.28. The molecule has 0 aromatic carbocycles. The van der Waals surface area contributed by atoms with Crippen molar-refractivity contribution in [1.82, 2.24) is 0 Å². The molecule has 4 heteroatoms. The molecule has 2 atom stereocenters. The summed E-state index contributed by atoms with van der Waals surface area (Å²) in [6.07, 6.45) is 1.02. The second-order valence-corrected chi connectivity index (χ2v) is 3.46. The van der Waals surface area contributed by atoms with Crippen molar-refractivity contribution in [3.05, 3.63) is 0 Å². The lowest BCUT2D eigenvalue weighted by atomic mass is 9.87. The molecule has 0 aromatic heterocycles. The number of methoxy groups -OCH3 is 1. The Kier molecular flexibility index (Phi) is 2.59. The number of ether oxygens (including phenoxy) is 2. The molecule has 4 nitrogen and oxygen atoms in total. The van der Waals surface area contributed by atoms with Crippen molar-refractivity contribution in [2.45, 2.75) is 32.8 Å². The van der Waals surface area contributed by atoms with Crippen molar-refractivity contribution in [2.24, 2.45) is 5.41 Å². The minimum atomic E-state index is -1.09. The molecule has 0 aliphatic carbocycles. The van der Waals surface area contributed by atoms with Gasteiger partial charge in [-0.05, 0) is 13.3 Å². The van der Waals surface area contributed by atoms with Gasteiger partial charge in [-0.1, -0.05) is 6.92 Å². The number of cyclic esters (lactones) is 1. The zero-order valence-corrected chi connectivity index (χ0v) is 8.12. The van der Waals surface area contributed by atoms with E-state index < -0.39 is 17.4 Å². The van der Waals surface area contributed by atoms with E-state index in [4.69, 9.17) is 4.74 Å². The van der Waals surface area contributed by atoms with Crippen LogP contribution in [0.15, 0.2) is 0 Å². The molecule has 74 valence electrons. The summed E-state index contributed by atoms with van der Waals surface area (Å²) < 4.78 is 9.57. The molecule has 0 N–H and O–H groups in total. The molecule has 13 heavy (non-hydrogen) atoms. The second kappa shape index (κ2) is 3.36. The van der Waals surface area contributed by atoms with Crippen LogP contribution in [0.2, 0.25) is 0 Å². The van der Waals surface area contributed by atoms with E-state index in [0.29, 0.717) is 6.42 Å². The van der Waals surface area contributed by atoms with Gasteiger partial charge in [0.1, 0.15) is 6.10 Å². The third kappa shape index (κ3) is 1.53. The molecule has 0 saturated carbocycles. The highest BCUT2D eigenvalue weighted by Crippen LogP contribution is 2.35. The minimum absolute atomic E-state index is 0.142. The van der Waals surface area contributed by atoms with Crippen LogP contribution in [-0.2, 0) is 19.1 Å². The predicted molar refractivity (Wildman–Crippen MR) is 44.9 cm³/mol. The summed E-state index contributed by atoms with van der Waals surface area (Å²) in [5.41, 5.74) is -1.09. The fourth-order valence-electron chi connectivity index (χ4n) is 1.48. The van der Waals surface area contributed by atoms with Crippen LogP contribution in [0.4, 0.5) is 0 Å². The quantitative estimate of drug-likeness (QED) is 0.474. The van der Waals surface area contributed by atoms with Gasteiger partial charge in [0.2, 0.25) is 0 Å². The standard InChI is InChI=1S/C9H14O4/c1-4-6-5-9(2,7(10)12-3)8(11)13-6/h6H,4-5H2,1-3H3. The van der Waals surface area contributed by atoms with Crippen molar-refractivity contribution in [3.63, 3.8) is 0 Å². The number of hydrogen-bond acceptors (Lipinski definition) is 4. The largest absolute Gasteiger partial charge is 0.468 e. The number of esters is 2. The molecule has 2 unspecified atom stereocenters. The summed E-state index contributed by atoms with van der Waals surface area (Å²) in [4.78, 5) is 22.6. The summed E-state index contributed by atoms with van der Waals surface area (Å²) in [6, 6.07) is 0. The van der Waals surface area contributed by atoms with Gasteiger partial charge in [0.05, 0.1) is 7.11 Å². The lowest BCUT2D eigenvalue weighted by molar-refractivity contribution is -0.162. The van der Waals surface area contributed by atoms with E-state index in [1.54, 1.807) is 6.92 Å². The predicted octanol–water partition coefficient (Wildman–Crippen LogP) is 0.891. The number of carbonyl (C=O) groups excluding carboxylic acids is 2. The molecule has 1 aliphatic heterocycles. The van der Waals surface area contributed by atoms with E-state index in [-0.39, 0.29) is 6.10 Å². The van der Waals surface area contributed by atoms with Gasteiger partial charge in [0, 0.05) is 6.42 Å². The maximum atomic E-state index is 11.3. The topological polar surface area (TPSA) is 52.6 Å². The van der Waals surface area contributed by atoms with E-state index in [0.717, 1.165) is 6.42 Å². The van der Waals surface area contributed by atoms with Gasteiger partial charge >= 0.3 is 11.9 Å². The van der Waals surface area contributed by atoms with Crippen molar-refractivity contribution >= 4 is 11.9 Å². The van der Waals surface area contributed by atoms with E-state index >= 15 is 0 Å². The van der Waals surface area contributed by atoms with Crippen LogP contribution >= 0.6 is 0 Å². The Balaban J connectivity index is 2.80. The first-order chi connectivity index (χ1) is 6.04. The molecule has 1 aliphatic rings. The Morgan fingerprint density at radius 2 is 2.38 bits per heavy atom. The van der Waals surface area contributed by atoms with Crippen molar-refractivity contribution in [3.8, 4) is 0 Å². The highest BCUT2D eigenvalue weighted by atomic mass is 16.6. The molecular formula is C9H14O4. The molecular weight excluding hydrogens is 172 g/mol. The highest BCUT2D eigenvalue weighted by Gasteiger charge is 2.51. The SMILES string of the molecule is CCC1CC(C)(C(=O)OC)C(=O)O1. The number of rotatable bonds is 2. The molecule has 1 heterocycles. The van der Waals surface area contributed by atoms with Crippen LogP contribution in [0.1, 0.15) is 26.7 Å². The average Bonchev–Trinajstić information content (AvgIpc) is 2.42. The van der Waals surface area contributed by atoms with E-state index in [1.807, 2.05) is 6.92 Å². The first-order valence-corrected chi connectivity index (χ1v) is 4.34. The summed E-state index contributed by atoms with van der Waals surface area (Å²) in [5.74, 6) is -0.973. The van der Waals surface area contributed by atoms with Crippen molar-refractivity contribution < 1.29 is 19.1 Å². The summed E-state index contributed by atoms with van der Waals surface area (Å²) in [6.45, 7) is 3.48. The van der Waals surface area contributed by atoms with E-state index in [1.165, 1.54) is 7.11 Å². The molecule has 1 saturated heterocycles. The molecule has 0 spiro atoms. The van der Waals surface area contributed by atoms with Crippen LogP contribution in [0, 0.1) is 5.41 Å². The second-order valence-electron chi connectivity index (χ2n) is 3.46. The van der Waals surface area contributed by atoms with Crippen molar-refractivity contribution in [2.75, 3.05) is 7.11 Å². The molecule has 0 radical (unpaired) electrons. The van der Waals surface area contributed by atoms with Crippen LogP contribution in [0.5, 0.6) is 0 Å². The Morgan fingerprint density at radius 1 is 1.77 bits per heavy atom. The minimum Gasteiger partial charge on any atom is -0.468 e. The van der Waals surface area contributed by atoms with E-state index in [9.17, 15) is 9.59 Å². The fourth-order valence-corrected chi connectivity index (χ4v) is 1.48. The fraction of sp³-hybridized carbons (Fsp3) is 0.778. The summed E-state index contributed by atoms with van der Waals surface area (Å²) >= 11 is 0. The molecule has 0 aromatic rings. The van der Waals surface area contributed by atoms with Gasteiger partial charge in [-0.3, -0.25) is 9.59 Å². The Labute approximate surface area is 77.2 Å². The van der Waals surface area contributed by atoms with Crippen molar-refractivity contribution in [1.29, 1.82) is 0 Å². The lowest BCUT2D eigenvalue weighted by Crippen LogP contribution is -2.33. The van der Waals surface area contributed by atoms with Gasteiger partial charge < -0.3 is 9.47 Å². The molecule has 1 fully saturated rings. The normalized spacial score (nSPS) is 32.8. The smallest absolute Gasteiger partial charge is 0.323 e. The monoisotopic (exact) mass is 186 g/mol. The van der Waals surface area contributed by atoms with Crippen LogP contribution in [-0.4, -0.2) is 25.2 Å². The maximum absolute atomic E-state index is 11.3. The van der Waals surface area contributed by atoms with Gasteiger partial charge in [-0.15, -0.1) is 0 Å². The first-order valence-electron chi connectivity index (χ1n) is 4.34. The molecule has 0 bridgehead atoms. The molecule has 0 amide bonds. The number of hydrogen-bond donors (Lipinski definition) is 0. The number of carbonyl (C=O) groups is 2. The lowest BCUT2D eigenvalue weighted by Gasteiger charge is -2.14. The summed E-state index contributed by atoms with van der Waals surface area (Å²) in [5, 5.41) is 0. The Morgan fingerprint density at radius 3 is 2.77 bits per heavy atom. The van der Waals surface area contributed by atoms with Gasteiger partial charge in [0.15, 0.2) is 5.41 Å². The zero-order valence-electron chi connectivity index (χ0n) is 8.12. The maximum Gasteiger partial charge on any atom is 0.323 e. The van der Waals surface area contributed by atoms with Crippen LogP contribution in [0.3, 0.4) is 0 Å². The first kappa shape index (κ1) is 10.0. The third-order valence-corrected chi connectivity index (χ3v) is 2.45. The molecule has 1 rings (SSSR count). The highest BCUT2D eigenvalue weighted by molar-refractivity contribution is 6.00. The van der Waals surface area contributed by atoms with Gasteiger partial charge in [-0.2, -0.15) is 0 Å².